The molecule has 4 nitrogen and oxygen atoms in total. The molecule has 0 N–H and O–H groups in total. The molecular weight excluding hydrogens is 725 g/mol. The van der Waals surface area contributed by atoms with Crippen LogP contribution in [0.15, 0.2) is 174 Å². The molecule has 0 saturated carbocycles. The van der Waals surface area contributed by atoms with Gasteiger partial charge in [-0.3, -0.25) is 0 Å². The molecule has 0 fully saturated rings. The van der Waals surface area contributed by atoms with Crippen molar-refractivity contribution in [3.05, 3.63) is 203 Å². The summed E-state index contributed by atoms with van der Waals surface area (Å²) in [5.74, 6) is 0.988. The lowest BCUT2D eigenvalue weighted by molar-refractivity contribution is 0.499. The molecular formula is C53H44N4S. The van der Waals surface area contributed by atoms with Gasteiger partial charge in [-0.15, -0.1) is 0 Å². The minimum absolute atomic E-state index is 0.0114. The van der Waals surface area contributed by atoms with E-state index < -0.39 is 0 Å². The molecule has 3 aliphatic rings. The second-order valence-electron chi connectivity index (χ2n) is 16.9. The first kappa shape index (κ1) is 34.9. The SMILES string of the molecule is CN1C(c2ccc3c(c2)N(c2cccc4ccccc24)c2ccccc2C3(C)C)=NSC1c1ccc2c(c1)N(c1cccc3ccccc13)c1ccccc1C2(C)C. The number of anilines is 6. The highest BCUT2D eigenvalue weighted by Crippen LogP contribution is 2.56. The van der Waals surface area contributed by atoms with E-state index in [9.17, 15) is 0 Å². The number of fused-ring (bicyclic) bond motifs is 6. The van der Waals surface area contributed by atoms with Gasteiger partial charge in [0.05, 0.1) is 34.1 Å². The fraction of sp³-hybridized carbons (Fsp3) is 0.151. The number of hydrogen-bond acceptors (Lipinski definition) is 5. The third kappa shape index (κ3) is 5.06. The topological polar surface area (TPSA) is 22.1 Å². The summed E-state index contributed by atoms with van der Waals surface area (Å²) < 4.78 is 5.24. The van der Waals surface area contributed by atoms with Gasteiger partial charge < -0.3 is 14.7 Å². The zero-order chi connectivity index (χ0) is 39.3. The van der Waals surface area contributed by atoms with Gasteiger partial charge in [0.15, 0.2) is 0 Å². The van der Waals surface area contributed by atoms with Crippen molar-refractivity contribution in [2.45, 2.75) is 43.9 Å². The third-order valence-corrected chi connectivity index (χ3v) is 14.0. The summed E-state index contributed by atoms with van der Waals surface area (Å²) in [4.78, 5) is 7.34. The molecule has 3 aliphatic heterocycles. The normalized spacial score (nSPS) is 17.4. The molecule has 0 radical (unpaired) electrons. The van der Waals surface area contributed by atoms with Crippen LogP contribution in [-0.2, 0) is 10.8 Å². The van der Waals surface area contributed by atoms with E-state index >= 15 is 0 Å². The molecule has 1 atom stereocenters. The molecule has 0 aromatic heterocycles. The van der Waals surface area contributed by atoms with Crippen molar-refractivity contribution in [1.29, 1.82) is 0 Å². The first-order valence-electron chi connectivity index (χ1n) is 20.2. The highest BCUT2D eigenvalue weighted by Gasteiger charge is 2.40. The maximum atomic E-state index is 5.24. The number of para-hydroxylation sites is 2. The molecule has 282 valence electrons. The second kappa shape index (κ2) is 12.9. The Morgan fingerprint density at radius 2 is 0.897 bits per heavy atom. The first-order chi connectivity index (χ1) is 28.2. The highest BCUT2D eigenvalue weighted by atomic mass is 32.2. The Bertz CT molecular complexity index is 2990. The molecule has 5 heteroatoms. The zero-order valence-electron chi connectivity index (χ0n) is 33.4. The van der Waals surface area contributed by atoms with Crippen LogP contribution < -0.4 is 9.80 Å². The van der Waals surface area contributed by atoms with Crippen molar-refractivity contribution in [3.63, 3.8) is 0 Å². The molecule has 58 heavy (non-hydrogen) atoms. The number of benzene rings is 8. The Balaban J connectivity index is 1.01. The third-order valence-electron chi connectivity index (χ3n) is 13.0. The Morgan fingerprint density at radius 3 is 1.48 bits per heavy atom. The maximum absolute atomic E-state index is 5.24. The quantitative estimate of drug-likeness (QED) is 0.166. The van der Waals surface area contributed by atoms with Crippen molar-refractivity contribution in [3.8, 4) is 0 Å². The summed E-state index contributed by atoms with van der Waals surface area (Å²) in [5, 5.41) is 4.95. The molecule has 8 aromatic rings. The largest absolute Gasteiger partial charge is 0.341 e. The molecule has 3 heterocycles. The Kier molecular flexibility index (Phi) is 7.74. The van der Waals surface area contributed by atoms with Gasteiger partial charge in [-0.2, -0.15) is 4.40 Å². The van der Waals surface area contributed by atoms with Crippen LogP contribution in [0.3, 0.4) is 0 Å². The van der Waals surface area contributed by atoms with E-state index in [4.69, 9.17) is 4.40 Å². The van der Waals surface area contributed by atoms with E-state index in [1.54, 1.807) is 11.9 Å². The minimum Gasteiger partial charge on any atom is -0.341 e. The molecule has 1 unspecified atom stereocenters. The number of hydrogen-bond donors (Lipinski definition) is 0. The summed E-state index contributed by atoms with van der Waals surface area (Å²) in [6.07, 6.45) is 0. The predicted molar refractivity (Wildman–Crippen MR) is 246 cm³/mol. The van der Waals surface area contributed by atoms with E-state index in [0.717, 1.165) is 11.4 Å². The Labute approximate surface area is 345 Å². The lowest BCUT2D eigenvalue weighted by atomic mass is 9.73. The number of amidine groups is 1. The van der Waals surface area contributed by atoms with E-state index in [2.05, 4.69) is 219 Å². The molecule has 0 amide bonds. The summed E-state index contributed by atoms with van der Waals surface area (Å²) in [6.45, 7) is 9.43. The Morgan fingerprint density at radius 1 is 0.448 bits per heavy atom. The van der Waals surface area contributed by atoms with E-state index in [1.165, 1.54) is 83.5 Å². The van der Waals surface area contributed by atoms with Gasteiger partial charge in [0.2, 0.25) is 0 Å². The molecule has 0 aliphatic carbocycles. The van der Waals surface area contributed by atoms with Gasteiger partial charge in [0.25, 0.3) is 0 Å². The van der Waals surface area contributed by atoms with Crippen molar-refractivity contribution >= 4 is 73.5 Å². The van der Waals surface area contributed by atoms with Crippen molar-refractivity contribution < 1.29 is 0 Å². The van der Waals surface area contributed by atoms with Crippen LogP contribution in [-0.4, -0.2) is 17.8 Å². The van der Waals surface area contributed by atoms with E-state index in [0.29, 0.717) is 0 Å². The molecule has 11 rings (SSSR count). The van der Waals surface area contributed by atoms with Crippen molar-refractivity contribution in [2.75, 3.05) is 16.8 Å². The lowest BCUT2D eigenvalue weighted by Gasteiger charge is -2.43. The summed E-state index contributed by atoms with van der Waals surface area (Å²) in [7, 11) is 2.20. The van der Waals surface area contributed by atoms with Crippen LogP contribution in [0, 0.1) is 0 Å². The van der Waals surface area contributed by atoms with Gasteiger partial charge in [-0.1, -0.05) is 161 Å². The average Bonchev–Trinajstić information content (AvgIpc) is 3.64. The fourth-order valence-corrected chi connectivity index (χ4v) is 10.9. The zero-order valence-corrected chi connectivity index (χ0v) is 34.3. The van der Waals surface area contributed by atoms with E-state index in [-0.39, 0.29) is 16.2 Å². The minimum atomic E-state index is -0.183. The summed E-state index contributed by atoms with van der Waals surface area (Å²) >= 11 is 1.65. The van der Waals surface area contributed by atoms with Gasteiger partial charge in [0, 0.05) is 46.2 Å². The molecule has 8 aromatic carbocycles. The van der Waals surface area contributed by atoms with Crippen LogP contribution in [0.1, 0.15) is 66.4 Å². The highest BCUT2D eigenvalue weighted by molar-refractivity contribution is 7.98. The van der Waals surface area contributed by atoms with Crippen LogP contribution in [0.2, 0.25) is 0 Å². The molecule has 0 spiro atoms. The standard InChI is InChI=1S/C53H44N4S/c1-52(2)40-22-10-12-24-46(40)56(44-26-14-18-34-16-6-8-20-38(34)44)48-32-36(28-30-42(48)52)50-54-58-51(55(50)5)37-29-31-43-49(33-37)57(47-25-13-11-23-41(47)53(43,3)4)45-27-15-19-35-17-7-9-21-39(35)45/h6-33,51H,1-5H3. The van der Waals surface area contributed by atoms with Gasteiger partial charge >= 0.3 is 0 Å². The summed E-state index contributed by atoms with van der Waals surface area (Å²) in [5.41, 5.74) is 14.5. The summed E-state index contributed by atoms with van der Waals surface area (Å²) in [6, 6.07) is 62.7. The van der Waals surface area contributed by atoms with Crippen molar-refractivity contribution in [2.24, 2.45) is 4.40 Å². The number of nitrogens with zero attached hydrogens (tertiary/aromatic N) is 4. The molecule has 0 bridgehead atoms. The average molecular weight is 769 g/mol. The van der Waals surface area contributed by atoms with E-state index in [1.807, 2.05) is 0 Å². The fourth-order valence-electron chi connectivity index (χ4n) is 9.96. The molecule has 0 saturated heterocycles. The van der Waals surface area contributed by atoms with Gasteiger partial charge in [-0.25, -0.2) is 0 Å². The van der Waals surface area contributed by atoms with Gasteiger partial charge in [-0.05, 0) is 75.0 Å². The Hall–Kier alpha value is -6.30. The predicted octanol–water partition coefficient (Wildman–Crippen LogP) is 14.3. The van der Waals surface area contributed by atoms with Crippen LogP contribution in [0.25, 0.3) is 21.5 Å². The lowest BCUT2D eigenvalue weighted by Crippen LogP contribution is -2.32. The van der Waals surface area contributed by atoms with Gasteiger partial charge in [0.1, 0.15) is 11.2 Å². The maximum Gasteiger partial charge on any atom is 0.145 e. The van der Waals surface area contributed by atoms with Crippen LogP contribution >= 0.6 is 11.9 Å². The van der Waals surface area contributed by atoms with Crippen LogP contribution in [0.5, 0.6) is 0 Å². The van der Waals surface area contributed by atoms with Crippen LogP contribution in [0.4, 0.5) is 34.1 Å². The second-order valence-corrected chi connectivity index (χ2v) is 17.8. The van der Waals surface area contributed by atoms with Crippen molar-refractivity contribution in [1.82, 2.24) is 4.90 Å². The monoisotopic (exact) mass is 768 g/mol. The first-order valence-corrected chi connectivity index (χ1v) is 21.1. The smallest absolute Gasteiger partial charge is 0.145 e. The number of rotatable bonds is 4.